The Balaban J connectivity index is 3.48. The Hall–Kier alpha value is -1.86. The number of aryl methyl sites for hydroxylation is 1. The van der Waals surface area contributed by atoms with Crippen LogP contribution < -0.4 is 5.73 Å². The molecular formula is C11H12N2O2. The summed E-state index contributed by atoms with van der Waals surface area (Å²) in [6.45, 7) is 2.15. The zero-order valence-corrected chi connectivity index (χ0v) is 8.45. The fraction of sp³-hybridized carbons (Fsp3) is 0.273. The van der Waals surface area contributed by atoms with Gasteiger partial charge in [-0.2, -0.15) is 5.26 Å². The summed E-state index contributed by atoms with van der Waals surface area (Å²) in [6, 6.07) is 5.17. The molecule has 0 aliphatic heterocycles. The molecule has 15 heavy (non-hydrogen) atoms. The molecule has 1 aromatic rings. The van der Waals surface area contributed by atoms with Crippen LogP contribution >= 0.6 is 0 Å². The van der Waals surface area contributed by atoms with Gasteiger partial charge in [0.25, 0.3) is 0 Å². The quantitative estimate of drug-likeness (QED) is 0.776. The van der Waals surface area contributed by atoms with E-state index in [9.17, 15) is 4.79 Å². The smallest absolute Gasteiger partial charge is 0.337 e. The van der Waals surface area contributed by atoms with Gasteiger partial charge in [0, 0.05) is 6.54 Å². The van der Waals surface area contributed by atoms with Gasteiger partial charge in [0.05, 0.1) is 11.1 Å². The minimum Gasteiger partial charge on any atom is -0.478 e. The van der Waals surface area contributed by atoms with Crippen molar-refractivity contribution in [2.45, 2.75) is 19.9 Å². The van der Waals surface area contributed by atoms with Crippen LogP contribution in [0.4, 0.5) is 0 Å². The standard InChI is InChI=1S/C11H12N2O2/c1-2-8-3-7(5-12)4-9(11(14)15)10(8)6-13/h3-4H,2,5,12H2,1H3,(H,14,15). The van der Waals surface area contributed by atoms with Gasteiger partial charge in [-0.3, -0.25) is 0 Å². The van der Waals surface area contributed by atoms with E-state index < -0.39 is 5.97 Å². The van der Waals surface area contributed by atoms with E-state index in [1.165, 1.54) is 6.07 Å². The van der Waals surface area contributed by atoms with Crippen LogP contribution in [-0.4, -0.2) is 11.1 Å². The molecule has 0 aromatic heterocycles. The van der Waals surface area contributed by atoms with Gasteiger partial charge in [0.2, 0.25) is 0 Å². The Kier molecular flexibility index (Phi) is 3.42. The van der Waals surface area contributed by atoms with Crippen molar-refractivity contribution < 1.29 is 9.90 Å². The highest BCUT2D eigenvalue weighted by atomic mass is 16.4. The number of carboxylic acid groups (broad SMARTS) is 1. The molecule has 1 rings (SSSR count). The molecule has 0 saturated carbocycles. The first kappa shape index (κ1) is 11.2. The molecular weight excluding hydrogens is 192 g/mol. The summed E-state index contributed by atoms with van der Waals surface area (Å²) in [5.41, 5.74) is 7.21. The van der Waals surface area contributed by atoms with Gasteiger partial charge < -0.3 is 10.8 Å². The molecule has 0 aliphatic carbocycles. The van der Waals surface area contributed by atoms with Gasteiger partial charge >= 0.3 is 5.97 Å². The van der Waals surface area contributed by atoms with E-state index in [0.717, 1.165) is 11.1 Å². The van der Waals surface area contributed by atoms with Gasteiger partial charge in [-0.15, -0.1) is 0 Å². The Morgan fingerprint density at radius 2 is 2.27 bits per heavy atom. The van der Waals surface area contributed by atoms with E-state index in [-0.39, 0.29) is 17.7 Å². The third-order valence-corrected chi connectivity index (χ3v) is 2.24. The van der Waals surface area contributed by atoms with Crippen LogP contribution in [0.25, 0.3) is 0 Å². The number of benzene rings is 1. The van der Waals surface area contributed by atoms with Crippen molar-refractivity contribution in [3.63, 3.8) is 0 Å². The minimum atomic E-state index is -1.09. The first-order valence-electron chi connectivity index (χ1n) is 4.63. The Morgan fingerprint density at radius 1 is 1.60 bits per heavy atom. The molecule has 0 radical (unpaired) electrons. The molecule has 0 amide bonds. The highest BCUT2D eigenvalue weighted by Crippen LogP contribution is 2.18. The lowest BCUT2D eigenvalue weighted by Gasteiger charge is -2.07. The maximum Gasteiger partial charge on any atom is 0.337 e. The molecule has 78 valence electrons. The molecule has 0 unspecified atom stereocenters. The summed E-state index contributed by atoms with van der Waals surface area (Å²) < 4.78 is 0. The number of hydrogen-bond acceptors (Lipinski definition) is 3. The number of carboxylic acids is 1. The molecule has 0 fully saturated rings. The third kappa shape index (κ3) is 2.14. The summed E-state index contributed by atoms with van der Waals surface area (Å²) in [4.78, 5) is 10.9. The average Bonchev–Trinajstić information content (AvgIpc) is 2.26. The fourth-order valence-electron chi connectivity index (χ4n) is 1.47. The van der Waals surface area contributed by atoms with Gasteiger partial charge in [-0.25, -0.2) is 4.79 Å². The molecule has 0 atom stereocenters. The predicted octanol–water partition coefficient (Wildman–Crippen LogP) is 1.28. The van der Waals surface area contributed by atoms with Gasteiger partial charge in [0.1, 0.15) is 6.07 Å². The SMILES string of the molecule is CCc1cc(CN)cc(C(=O)O)c1C#N. The van der Waals surface area contributed by atoms with Crippen LogP contribution in [0.3, 0.4) is 0 Å². The van der Waals surface area contributed by atoms with Gasteiger partial charge in [-0.1, -0.05) is 13.0 Å². The lowest BCUT2D eigenvalue weighted by molar-refractivity contribution is 0.0696. The maximum absolute atomic E-state index is 10.9. The fourth-order valence-corrected chi connectivity index (χ4v) is 1.47. The second kappa shape index (κ2) is 4.58. The monoisotopic (exact) mass is 204 g/mol. The molecule has 0 saturated heterocycles. The van der Waals surface area contributed by atoms with Crippen LogP contribution in [-0.2, 0) is 13.0 Å². The average molecular weight is 204 g/mol. The summed E-state index contributed by atoms with van der Waals surface area (Å²) in [6.07, 6.45) is 0.622. The Bertz CT molecular complexity index is 433. The number of nitriles is 1. The van der Waals surface area contributed by atoms with E-state index in [1.54, 1.807) is 6.07 Å². The third-order valence-electron chi connectivity index (χ3n) is 2.24. The Labute approximate surface area is 87.9 Å². The molecule has 0 bridgehead atoms. The van der Waals surface area contributed by atoms with Crippen LogP contribution in [0.2, 0.25) is 0 Å². The second-order valence-electron chi connectivity index (χ2n) is 3.15. The molecule has 4 nitrogen and oxygen atoms in total. The number of rotatable bonds is 3. The first-order valence-corrected chi connectivity index (χ1v) is 4.63. The van der Waals surface area contributed by atoms with Crippen LogP contribution in [0.5, 0.6) is 0 Å². The second-order valence-corrected chi connectivity index (χ2v) is 3.15. The van der Waals surface area contributed by atoms with Crippen molar-refractivity contribution in [2.75, 3.05) is 0 Å². The highest BCUT2D eigenvalue weighted by Gasteiger charge is 2.14. The van der Waals surface area contributed by atoms with Crippen LogP contribution in [0.15, 0.2) is 12.1 Å². The molecule has 0 heterocycles. The molecule has 1 aromatic carbocycles. The van der Waals surface area contributed by atoms with Crippen molar-refractivity contribution in [3.05, 3.63) is 34.4 Å². The van der Waals surface area contributed by atoms with E-state index in [2.05, 4.69) is 0 Å². The van der Waals surface area contributed by atoms with Crippen molar-refractivity contribution in [2.24, 2.45) is 5.73 Å². The van der Waals surface area contributed by atoms with Crippen LogP contribution in [0.1, 0.15) is 34.0 Å². The number of aromatic carboxylic acids is 1. The summed E-state index contributed by atoms with van der Waals surface area (Å²) in [7, 11) is 0. The van der Waals surface area contributed by atoms with E-state index >= 15 is 0 Å². The van der Waals surface area contributed by atoms with E-state index in [0.29, 0.717) is 6.42 Å². The van der Waals surface area contributed by atoms with Crippen molar-refractivity contribution >= 4 is 5.97 Å². The predicted molar refractivity (Wildman–Crippen MR) is 55.4 cm³/mol. The number of nitrogens with two attached hydrogens (primary N) is 1. The zero-order chi connectivity index (χ0) is 11.4. The lowest BCUT2D eigenvalue weighted by atomic mass is 9.97. The first-order chi connectivity index (χ1) is 7.13. The topological polar surface area (TPSA) is 87.1 Å². The normalized spacial score (nSPS) is 9.67. The van der Waals surface area contributed by atoms with Gasteiger partial charge in [-0.05, 0) is 23.6 Å². The van der Waals surface area contributed by atoms with Crippen molar-refractivity contribution in [3.8, 4) is 6.07 Å². The summed E-state index contributed by atoms with van der Waals surface area (Å²) in [5.74, 6) is -1.09. The lowest BCUT2D eigenvalue weighted by Crippen LogP contribution is -2.07. The van der Waals surface area contributed by atoms with Crippen LogP contribution in [0, 0.1) is 11.3 Å². The van der Waals surface area contributed by atoms with E-state index in [1.807, 2.05) is 13.0 Å². The minimum absolute atomic E-state index is 0.0392. The highest BCUT2D eigenvalue weighted by molar-refractivity contribution is 5.91. The molecule has 0 aliphatic rings. The maximum atomic E-state index is 10.9. The number of nitrogens with zero attached hydrogens (tertiary/aromatic N) is 1. The number of hydrogen-bond donors (Lipinski definition) is 2. The molecule has 4 heteroatoms. The summed E-state index contributed by atoms with van der Waals surface area (Å²) in [5, 5.41) is 17.8. The molecule has 0 spiro atoms. The number of carbonyl (C=O) groups is 1. The zero-order valence-electron chi connectivity index (χ0n) is 8.45. The van der Waals surface area contributed by atoms with Crippen molar-refractivity contribution in [1.29, 1.82) is 5.26 Å². The Morgan fingerprint density at radius 3 is 2.67 bits per heavy atom. The largest absolute Gasteiger partial charge is 0.478 e. The van der Waals surface area contributed by atoms with E-state index in [4.69, 9.17) is 16.1 Å². The molecule has 3 N–H and O–H groups in total. The van der Waals surface area contributed by atoms with Gasteiger partial charge in [0.15, 0.2) is 0 Å². The van der Waals surface area contributed by atoms with Crippen molar-refractivity contribution in [1.82, 2.24) is 0 Å². The summed E-state index contributed by atoms with van der Waals surface area (Å²) >= 11 is 0.